The number of carbonyl (C=O) groups is 3. The Balaban J connectivity index is 2.66. The van der Waals surface area contributed by atoms with Crippen molar-refractivity contribution < 1.29 is 24.6 Å². The van der Waals surface area contributed by atoms with Crippen molar-refractivity contribution in [2.75, 3.05) is 0 Å². The number of urea groups is 1. The molecule has 1 aromatic rings. The number of hydrogen-bond donors (Lipinski definition) is 4. The molecular weight excluding hydrogens is 276 g/mol. The van der Waals surface area contributed by atoms with Crippen molar-refractivity contribution in [3.05, 3.63) is 35.4 Å². The van der Waals surface area contributed by atoms with Crippen LogP contribution in [-0.4, -0.2) is 34.2 Å². The highest BCUT2D eigenvalue weighted by Gasteiger charge is 2.23. The van der Waals surface area contributed by atoms with E-state index in [1.54, 1.807) is 6.92 Å². The van der Waals surface area contributed by atoms with E-state index in [0.717, 1.165) is 11.1 Å². The van der Waals surface area contributed by atoms with Crippen molar-refractivity contribution in [3.63, 3.8) is 0 Å². The van der Waals surface area contributed by atoms with Gasteiger partial charge in [-0.2, -0.15) is 0 Å². The maximum Gasteiger partial charge on any atom is 0.326 e. The van der Waals surface area contributed by atoms with E-state index in [0.29, 0.717) is 0 Å². The van der Waals surface area contributed by atoms with Gasteiger partial charge in [-0.3, -0.25) is 4.79 Å². The molecule has 1 unspecified atom stereocenters. The summed E-state index contributed by atoms with van der Waals surface area (Å²) in [5.41, 5.74) is 1.89. The number of amides is 2. The topological polar surface area (TPSA) is 116 Å². The second-order valence-electron chi connectivity index (χ2n) is 4.68. The highest BCUT2D eigenvalue weighted by atomic mass is 16.4. The molecule has 0 radical (unpaired) electrons. The summed E-state index contributed by atoms with van der Waals surface area (Å²) in [6, 6.07) is 4.95. The van der Waals surface area contributed by atoms with Crippen LogP contribution in [0, 0.1) is 6.92 Å². The molecule has 0 spiro atoms. The van der Waals surface area contributed by atoms with E-state index < -0.39 is 30.4 Å². The van der Waals surface area contributed by atoms with Crippen LogP contribution in [0.2, 0.25) is 0 Å². The fourth-order valence-corrected chi connectivity index (χ4v) is 1.92. The van der Waals surface area contributed by atoms with Gasteiger partial charge in [0, 0.05) is 0 Å². The predicted octanol–water partition coefficient (Wildman–Crippen LogP) is 1.28. The lowest BCUT2D eigenvalue weighted by molar-refractivity contribution is -0.145. The van der Waals surface area contributed by atoms with Crippen LogP contribution in [0.5, 0.6) is 0 Å². The monoisotopic (exact) mass is 294 g/mol. The van der Waals surface area contributed by atoms with Gasteiger partial charge in [0.25, 0.3) is 0 Å². The molecular formula is C14H18N2O5. The Morgan fingerprint density at radius 3 is 2.29 bits per heavy atom. The zero-order valence-electron chi connectivity index (χ0n) is 11.8. The molecule has 2 atom stereocenters. The van der Waals surface area contributed by atoms with Crippen molar-refractivity contribution in [3.8, 4) is 0 Å². The molecule has 0 aliphatic carbocycles. The van der Waals surface area contributed by atoms with Crippen molar-refractivity contribution >= 4 is 18.0 Å². The lowest BCUT2D eigenvalue weighted by Gasteiger charge is -2.19. The number of carbonyl (C=O) groups excluding carboxylic acids is 1. The minimum Gasteiger partial charge on any atom is -0.481 e. The molecule has 114 valence electrons. The van der Waals surface area contributed by atoms with E-state index in [-0.39, 0.29) is 6.04 Å². The summed E-state index contributed by atoms with van der Waals surface area (Å²) in [6.07, 6.45) is -0.679. The van der Waals surface area contributed by atoms with Crippen LogP contribution < -0.4 is 10.6 Å². The van der Waals surface area contributed by atoms with Crippen LogP contribution >= 0.6 is 0 Å². The van der Waals surface area contributed by atoms with Crippen LogP contribution in [0.15, 0.2) is 24.3 Å². The first-order valence-corrected chi connectivity index (χ1v) is 6.38. The van der Waals surface area contributed by atoms with Crippen molar-refractivity contribution in [2.24, 2.45) is 0 Å². The molecule has 0 saturated heterocycles. The van der Waals surface area contributed by atoms with Gasteiger partial charge < -0.3 is 20.8 Å². The van der Waals surface area contributed by atoms with E-state index in [1.165, 1.54) is 0 Å². The third-order valence-electron chi connectivity index (χ3n) is 2.98. The van der Waals surface area contributed by atoms with Gasteiger partial charge in [-0.05, 0) is 25.0 Å². The first-order chi connectivity index (χ1) is 9.81. The summed E-state index contributed by atoms with van der Waals surface area (Å²) in [5.74, 6) is -2.69. The van der Waals surface area contributed by atoms with E-state index in [2.05, 4.69) is 10.6 Å². The summed E-state index contributed by atoms with van der Waals surface area (Å²) in [7, 11) is 0. The van der Waals surface area contributed by atoms with Gasteiger partial charge >= 0.3 is 18.0 Å². The van der Waals surface area contributed by atoms with E-state index in [4.69, 9.17) is 10.2 Å². The summed E-state index contributed by atoms with van der Waals surface area (Å²) in [6.45, 7) is 3.66. The minimum absolute atomic E-state index is 0.328. The Kier molecular flexibility index (Phi) is 5.71. The molecule has 1 rings (SSSR count). The number of nitrogens with one attached hydrogen (secondary N) is 2. The van der Waals surface area contributed by atoms with Gasteiger partial charge in [0.05, 0.1) is 12.5 Å². The lowest BCUT2D eigenvalue weighted by atomic mass is 10.0. The van der Waals surface area contributed by atoms with Crippen LogP contribution in [0.1, 0.15) is 30.5 Å². The first kappa shape index (κ1) is 16.5. The van der Waals surface area contributed by atoms with E-state index in [9.17, 15) is 14.4 Å². The Morgan fingerprint density at radius 1 is 1.14 bits per heavy atom. The van der Waals surface area contributed by atoms with E-state index in [1.807, 2.05) is 31.2 Å². The van der Waals surface area contributed by atoms with Crippen molar-refractivity contribution in [2.45, 2.75) is 32.4 Å². The summed E-state index contributed by atoms with van der Waals surface area (Å²) in [5, 5.41) is 22.2. The second kappa shape index (κ2) is 7.28. The molecule has 0 aromatic heterocycles. The molecule has 0 bridgehead atoms. The summed E-state index contributed by atoms with van der Waals surface area (Å²) >= 11 is 0. The average Bonchev–Trinajstić information content (AvgIpc) is 2.37. The van der Waals surface area contributed by atoms with Gasteiger partial charge in [0.2, 0.25) is 0 Å². The van der Waals surface area contributed by atoms with Gasteiger partial charge in [0.15, 0.2) is 0 Å². The highest BCUT2D eigenvalue weighted by Crippen LogP contribution is 2.16. The number of aliphatic carboxylic acids is 2. The Hall–Kier alpha value is -2.57. The first-order valence-electron chi connectivity index (χ1n) is 6.38. The smallest absolute Gasteiger partial charge is 0.326 e. The Labute approximate surface area is 122 Å². The maximum absolute atomic E-state index is 11.8. The zero-order chi connectivity index (χ0) is 16.0. The minimum atomic E-state index is -1.47. The fourth-order valence-electron chi connectivity index (χ4n) is 1.92. The van der Waals surface area contributed by atoms with Crippen molar-refractivity contribution in [1.29, 1.82) is 0 Å². The third-order valence-corrected chi connectivity index (χ3v) is 2.98. The van der Waals surface area contributed by atoms with Crippen LogP contribution in [-0.2, 0) is 9.59 Å². The zero-order valence-corrected chi connectivity index (χ0v) is 11.8. The third kappa shape index (κ3) is 5.13. The number of aryl methyl sites for hydroxylation is 1. The highest BCUT2D eigenvalue weighted by molar-refractivity contribution is 5.86. The van der Waals surface area contributed by atoms with Gasteiger partial charge in [-0.15, -0.1) is 0 Å². The fraction of sp³-hybridized carbons (Fsp3) is 0.357. The predicted molar refractivity (Wildman–Crippen MR) is 74.9 cm³/mol. The van der Waals surface area contributed by atoms with Crippen molar-refractivity contribution in [1.82, 2.24) is 10.6 Å². The largest absolute Gasteiger partial charge is 0.481 e. The molecule has 0 heterocycles. The number of benzene rings is 1. The molecule has 7 heteroatoms. The Bertz CT molecular complexity index is 544. The normalized spacial score (nSPS) is 13.0. The molecule has 0 saturated carbocycles. The van der Waals surface area contributed by atoms with Crippen LogP contribution in [0.3, 0.4) is 0 Å². The lowest BCUT2D eigenvalue weighted by Crippen LogP contribution is -2.47. The van der Waals surface area contributed by atoms with E-state index >= 15 is 0 Å². The number of rotatable bonds is 6. The quantitative estimate of drug-likeness (QED) is 0.631. The summed E-state index contributed by atoms with van der Waals surface area (Å²) in [4.78, 5) is 33.2. The number of carboxylic acid groups (broad SMARTS) is 2. The molecule has 2 amide bonds. The second-order valence-corrected chi connectivity index (χ2v) is 4.68. The number of hydrogen-bond acceptors (Lipinski definition) is 3. The molecule has 0 fully saturated rings. The molecule has 7 nitrogen and oxygen atoms in total. The van der Waals surface area contributed by atoms with Gasteiger partial charge in [-0.1, -0.05) is 24.3 Å². The molecule has 0 aliphatic heterocycles. The maximum atomic E-state index is 11.8. The Morgan fingerprint density at radius 2 is 1.76 bits per heavy atom. The number of carboxylic acids is 2. The van der Waals surface area contributed by atoms with Crippen LogP contribution in [0.4, 0.5) is 4.79 Å². The van der Waals surface area contributed by atoms with Crippen LogP contribution in [0.25, 0.3) is 0 Å². The van der Waals surface area contributed by atoms with Gasteiger partial charge in [-0.25, -0.2) is 9.59 Å². The molecule has 4 N–H and O–H groups in total. The molecule has 0 aliphatic rings. The van der Waals surface area contributed by atoms with Gasteiger partial charge in [0.1, 0.15) is 6.04 Å². The molecule has 21 heavy (non-hydrogen) atoms. The standard InChI is InChI=1S/C14H18N2O5/c1-8-5-3-4-6-10(8)9(2)15-14(21)16-11(13(19)20)7-12(17)18/h3-6,9,11H,7H2,1-2H3,(H,17,18)(H,19,20)(H2,15,16,21)/t9?,11-/m1/s1. The average molecular weight is 294 g/mol. The molecule has 1 aromatic carbocycles. The summed E-state index contributed by atoms with van der Waals surface area (Å²) < 4.78 is 0. The SMILES string of the molecule is Cc1ccccc1C(C)NC(=O)N[C@H](CC(=O)O)C(=O)O.